The second-order valence-corrected chi connectivity index (χ2v) is 3.14. The minimum atomic E-state index is 0.681. The standard InChI is InChI=1S/C9H14N2O/c1-2-9(12-5-1)3-4-11-8-6-10-7-8/h1-2,5,8,10-11H,3-4,6-7H2. The normalized spacial score (nSPS) is 17.7. The van der Waals surface area contributed by atoms with Crippen molar-refractivity contribution in [1.82, 2.24) is 10.6 Å². The van der Waals surface area contributed by atoms with Gasteiger partial charge in [-0.1, -0.05) is 0 Å². The zero-order chi connectivity index (χ0) is 8.23. The van der Waals surface area contributed by atoms with E-state index in [0.29, 0.717) is 6.04 Å². The van der Waals surface area contributed by atoms with Crippen LogP contribution in [-0.2, 0) is 6.42 Å². The first-order valence-corrected chi connectivity index (χ1v) is 4.41. The van der Waals surface area contributed by atoms with Gasteiger partial charge in [-0.05, 0) is 12.1 Å². The molecule has 1 aromatic rings. The summed E-state index contributed by atoms with van der Waals surface area (Å²) < 4.78 is 5.21. The third kappa shape index (κ3) is 1.87. The Bertz CT molecular complexity index is 216. The van der Waals surface area contributed by atoms with Gasteiger partial charge in [0.2, 0.25) is 0 Å². The predicted octanol–water partition coefficient (Wildman–Crippen LogP) is 0.383. The molecule has 0 saturated carbocycles. The molecular formula is C9H14N2O. The molecule has 3 nitrogen and oxygen atoms in total. The van der Waals surface area contributed by atoms with Crippen molar-refractivity contribution in [3.05, 3.63) is 24.2 Å². The summed E-state index contributed by atoms with van der Waals surface area (Å²) in [5.74, 6) is 1.06. The first-order valence-electron chi connectivity index (χ1n) is 4.41. The zero-order valence-electron chi connectivity index (χ0n) is 7.05. The second-order valence-electron chi connectivity index (χ2n) is 3.14. The quantitative estimate of drug-likeness (QED) is 0.679. The molecule has 1 aliphatic rings. The van der Waals surface area contributed by atoms with Crippen molar-refractivity contribution >= 4 is 0 Å². The summed E-state index contributed by atoms with van der Waals surface area (Å²) in [7, 11) is 0. The van der Waals surface area contributed by atoms with Crippen LogP contribution in [0.3, 0.4) is 0 Å². The summed E-state index contributed by atoms with van der Waals surface area (Å²) in [6.07, 6.45) is 2.71. The van der Waals surface area contributed by atoms with Gasteiger partial charge in [0.25, 0.3) is 0 Å². The molecule has 0 bridgehead atoms. The summed E-state index contributed by atoms with van der Waals surface area (Å²) in [6, 6.07) is 4.63. The van der Waals surface area contributed by atoms with E-state index < -0.39 is 0 Å². The lowest BCUT2D eigenvalue weighted by molar-refractivity contribution is 0.363. The van der Waals surface area contributed by atoms with Gasteiger partial charge in [-0.25, -0.2) is 0 Å². The second kappa shape index (κ2) is 3.74. The first-order chi connectivity index (χ1) is 5.95. The number of hydrogen-bond acceptors (Lipinski definition) is 3. The van der Waals surface area contributed by atoms with Crippen molar-refractivity contribution in [1.29, 1.82) is 0 Å². The first kappa shape index (κ1) is 7.83. The maximum atomic E-state index is 5.21. The summed E-state index contributed by atoms with van der Waals surface area (Å²) in [5, 5.41) is 6.65. The van der Waals surface area contributed by atoms with Crippen LogP contribution in [0, 0.1) is 0 Å². The molecule has 0 spiro atoms. The molecule has 2 heterocycles. The van der Waals surface area contributed by atoms with Crippen LogP contribution in [-0.4, -0.2) is 25.7 Å². The van der Waals surface area contributed by atoms with Gasteiger partial charge in [0, 0.05) is 32.1 Å². The molecular weight excluding hydrogens is 152 g/mol. The van der Waals surface area contributed by atoms with Crippen LogP contribution in [0.2, 0.25) is 0 Å². The van der Waals surface area contributed by atoms with E-state index in [1.54, 1.807) is 6.26 Å². The van der Waals surface area contributed by atoms with Gasteiger partial charge in [0.15, 0.2) is 0 Å². The minimum Gasteiger partial charge on any atom is -0.469 e. The van der Waals surface area contributed by atoms with E-state index in [2.05, 4.69) is 10.6 Å². The summed E-state index contributed by atoms with van der Waals surface area (Å²) in [5.41, 5.74) is 0. The Morgan fingerprint density at radius 3 is 3.08 bits per heavy atom. The Morgan fingerprint density at radius 1 is 1.58 bits per heavy atom. The molecule has 1 fully saturated rings. The molecule has 0 atom stereocenters. The smallest absolute Gasteiger partial charge is 0.105 e. The molecule has 3 heteroatoms. The van der Waals surface area contributed by atoms with Crippen LogP contribution in [0.25, 0.3) is 0 Å². The van der Waals surface area contributed by atoms with Gasteiger partial charge < -0.3 is 15.1 Å². The molecule has 0 aliphatic carbocycles. The summed E-state index contributed by atoms with van der Waals surface area (Å²) in [4.78, 5) is 0. The Hall–Kier alpha value is -0.800. The monoisotopic (exact) mass is 166 g/mol. The van der Waals surface area contributed by atoms with E-state index in [0.717, 1.165) is 31.8 Å². The molecule has 66 valence electrons. The topological polar surface area (TPSA) is 37.2 Å². The lowest BCUT2D eigenvalue weighted by atomic mass is 10.2. The van der Waals surface area contributed by atoms with E-state index in [9.17, 15) is 0 Å². The lowest BCUT2D eigenvalue weighted by Gasteiger charge is -2.27. The molecule has 0 radical (unpaired) electrons. The molecule has 0 unspecified atom stereocenters. The molecule has 2 N–H and O–H groups in total. The molecule has 0 amide bonds. The highest BCUT2D eigenvalue weighted by Crippen LogP contribution is 2.00. The summed E-state index contributed by atoms with van der Waals surface area (Å²) in [6.45, 7) is 3.23. The fraction of sp³-hybridized carbons (Fsp3) is 0.556. The van der Waals surface area contributed by atoms with E-state index in [1.807, 2.05) is 12.1 Å². The van der Waals surface area contributed by atoms with Crippen LogP contribution in [0.5, 0.6) is 0 Å². The van der Waals surface area contributed by atoms with E-state index in [-0.39, 0.29) is 0 Å². The van der Waals surface area contributed by atoms with Gasteiger partial charge in [0.1, 0.15) is 5.76 Å². The van der Waals surface area contributed by atoms with Crippen molar-refractivity contribution in [2.24, 2.45) is 0 Å². The Morgan fingerprint density at radius 2 is 2.50 bits per heavy atom. The average molecular weight is 166 g/mol. The van der Waals surface area contributed by atoms with Gasteiger partial charge in [-0.3, -0.25) is 0 Å². The molecule has 0 aromatic carbocycles. The molecule has 1 aromatic heterocycles. The molecule has 2 rings (SSSR count). The van der Waals surface area contributed by atoms with Crippen molar-refractivity contribution in [3.8, 4) is 0 Å². The maximum Gasteiger partial charge on any atom is 0.105 e. The van der Waals surface area contributed by atoms with E-state index in [1.165, 1.54) is 0 Å². The van der Waals surface area contributed by atoms with E-state index >= 15 is 0 Å². The summed E-state index contributed by atoms with van der Waals surface area (Å²) >= 11 is 0. The highest BCUT2D eigenvalue weighted by atomic mass is 16.3. The molecule has 1 saturated heterocycles. The maximum absolute atomic E-state index is 5.21. The fourth-order valence-corrected chi connectivity index (χ4v) is 1.29. The third-order valence-corrected chi connectivity index (χ3v) is 2.17. The third-order valence-electron chi connectivity index (χ3n) is 2.17. The van der Waals surface area contributed by atoms with Crippen molar-refractivity contribution in [2.75, 3.05) is 19.6 Å². The van der Waals surface area contributed by atoms with E-state index in [4.69, 9.17) is 4.42 Å². The minimum absolute atomic E-state index is 0.681. The van der Waals surface area contributed by atoms with Gasteiger partial charge in [0.05, 0.1) is 6.26 Å². The predicted molar refractivity (Wildman–Crippen MR) is 47.1 cm³/mol. The Balaban J connectivity index is 1.62. The Labute approximate surface area is 72.1 Å². The number of nitrogens with one attached hydrogen (secondary N) is 2. The highest BCUT2D eigenvalue weighted by Gasteiger charge is 2.14. The zero-order valence-corrected chi connectivity index (χ0v) is 7.05. The average Bonchev–Trinajstić information content (AvgIpc) is 2.46. The molecule has 1 aliphatic heterocycles. The van der Waals surface area contributed by atoms with Crippen molar-refractivity contribution in [3.63, 3.8) is 0 Å². The fourth-order valence-electron chi connectivity index (χ4n) is 1.29. The van der Waals surface area contributed by atoms with Crippen LogP contribution in [0.4, 0.5) is 0 Å². The van der Waals surface area contributed by atoms with Crippen molar-refractivity contribution < 1.29 is 4.42 Å². The Kier molecular flexibility index (Phi) is 2.44. The SMILES string of the molecule is c1coc(CCNC2CNC2)c1. The number of rotatable bonds is 4. The largest absolute Gasteiger partial charge is 0.469 e. The number of hydrogen-bond donors (Lipinski definition) is 2. The van der Waals surface area contributed by atoms with Crippen molar-refractivity contribution in [2.45, 2.75) is 12.5 Å². The van der Waals surface area contributed by atoms with Crippen LogP contribution in [0.1, 0.15) is 5.76 Å². The van der Waals surface area contributed by atoms with Gasteiger partial charge in [-0.15, -0.1) is 0 Å². The van der Waals surface area contributed by atoms with Crippen LogP contribution in [0.15, 0.2) is 22.8 Å². The molecule has 12 heavy (non-hydrogen) atoms. The van der Waals surface area contributed by atoms with Crippen LogP contribution >= 0.6 is 0 Å². The number of furan rings is 1. The van der Waals surface area contributed by atoms with Gasteiger partial charge in [-0.2, -0.15) is 0 Å². The van der Waals surface area contributed by atoms with Gasteiger partial charge >= 0.3 is 0 Å². The highest BCUT2D eigenvalue weighted by molar-refractivity contribution is 4.98. The van der Waals surface area contributed by atoms with Crippen LogP contribution < -0.4 is 10.6 Å². The lowest BCUT2D eigenvalue weighted by Crippen LogP contribution is -2.55.